The summed E-state index contributed by atoms with van der Waals surface area (Å²) in [6.45, 7) is -0.0398. The van der Waals surface area contributed by atoms with E-state index in [-0.39, 0.29) is 25.9 Å². The Kier molecular flexibility index (Phi) is 5.59. The molecule has 0 fully saturated rings. The van der Waals surface area contributed by atoms with E-state index in [0.29, 0.717) is 5.69 Å². The fourth-order valence-corrected chi connectivity index (χ4v) is 1.42. The summed E-state index contributed by atoms with van der Waals surface area (Å²) < 4.78 is 1.22. The van der Waals surface area contributed by atoms with Gasteiger partial charge in [-0.15, -0.1) is 5.10 Å². The first kappa shape index (κ1) is 15.6. The summed E-state index contributed by atoms with van der Waals surface area (Å²) in [7, 11) is 0. The second-order valence-corrected chi connectivity index (χ2v) is 4.00. The maximum Gasteiger partial charge on any atom is 0.326 e. The topological polar surface area (TPSA) is 160 Å². The van der Waals surface area contributed by atoms with E-state index in [4.69, 9.17) is 15.9 Å². The Morgan fingerprint density at radius 3 is 2.60 bits per heavy atom. The maximum atomic E-state index is 11.6. The molecule has 1 atom stereocenters. The zero-order valence-electron chi connectivity index (χ0n) is 10.5. The van der Waals surface area contributed by atoms with Crippen LogP contribution < -0.4 is 11.1 Å². The smallest absolute Gasteiger partial charge is 0.326 e. The lowest BCUT2D eigenvalue weighted by Gasteiger charge is -2.13. The number of rotatable bonds is 8. The van der Waals surface area contributed by atoms with Crippen molar-refractivity contribution in [2.24, 2.45) is 5.73 Å². The van der Waals surface area contributed by atoms with Crippen LogP contribution in [0, 0.1) is 0 Å². The van der Waals surface area contributed by atoms with E-state index < -0.39 is 23.9 Å². The predicted octanol–water partition coefficient (Wildman–Crippen LogP) is -1.83. The predicted molar refractivity (Wildman–Crippen MR) is 64.3 cm³/mol. The van der Waals surface area contributed by atoms with Gasteiger partial charge in [-0.1, -0.05) is 5.21 Å². The van der Waals surface area contributed by atoms with Gasteiger partial charge in [-0.3, -0.25) is 9.59 Å². The summed E-state index contributed by atoms with van der Waals surface area (Å²) in [5.74, 6) is -3.02. The van der Waals surface area contributed by atoms with Gasteiger partial charge in [0.15, 0.2) is 0 Å². The molecular weight excluding hydrogens is 270 g/mol. The normalized spacial score (nSPS) is 11.8. The SMILES string of the molecule is NCc1cn(CC(=O)N[C@@H](CCC(=O)O)C(=O)O)nn1. The molecular formula is C10H15N5O5. The van der Waals surface area contributed by atoms with Crippen molar-refractivity contribution < 1.29 is 24.6 Å². The van der Waals surface area contributed by atoms with E-state index in [1.807, 2.05) is 0 Å². The highest BCUT2D eigenvalue weighted by Crippen LogP contribution is 1.99. The second kappa shape index (κ2) is 7.19. The van der Waals surface area contributed by atoms with E-state index in [1.54, 1.807) is 0 Å². The van der Waals surface area contributed by atoms with Crippen molar-refractivity contribution in [2.45, 2.75) is 32.0 Å². The number of aliphatic carboxylic acids is 2. The van der Waals surface area contributed by atoms with E-state index >= 15 is 0 Å². The van der Waals surface area contributed by atoms with Crippen molar-refractivity contribution in [3.63, 3.8) is 0 Å². The van der Waals surface area contributed by atoms with Gasteiger partial charge >= 0.3 is 11.9 Å². The van der Waals surface area contributed by atoms with Crippen LogP contribution in [-0.2, 0) is 27.5 Å². The highest BCUT2D eigenvalue weighted by Gasteiger charge is 2.21. The fraction of sp³-hybridized carbons (Fsp3) is 0.500. The minimum Gasteiger partial charge on any atom is -0.481 e. The van der Waals surface area contributed by atoms with E-state index in [1.165, 1.54) is 10.9 Å². The van der Waals surface area contributed by atoms with Gasteiger partial charge in [0, 0.05) is 13.0 Å². The third-order valence-corrected chi connectivity index (χ3v) is 2.38. The lowest BCUT2D eigenvalue weighted by molar-refractivity contribution is -0.143. The summed E-state index contributed by atoms with van der Waals surface area (Å²) in [4.78, 5) is 32.9. The quantitative estimate of drug-likeness (QED) is 0.433. The van der Waals surface area contributed by atoms with Crippen molar-refractivity contribution in [2.75, 3.05) is 0 Å². The van der Waals surface area contributed by atoms with Crippen molar-refractivity contribution in [1.29, 1.82) is 0 Å². The highest BCUT2D eigenvalue weighted by molar-refractivity contribution is 5.83. The molecule has 0 unspecified atom stereocenters. The van der Waals surface area contributed by atoms with Crippen LogP contribution in [0.25, 0.3) is 0 Å². The first-order valence-electron chi connectivity index (χ1n) is 5.75. The van der Waals surface area contributed by atoms with Crippen molar-refractivity contribution in [1.82, 2.24) is 20.3 Å². The van der Waals surface area contributed by atoms with Crippen molar-refractivity contribution in [3.8, 4) is 0 Å². The summed E-state index contributed by atoms with van der Waals surface area (Å²) >= 11 is 0. The monoisotopic (exact) mass is 285 g/mol. The molecule has 1 aromatic rings. The number of hydrogen-bond acceptors (Lipinski definition) is 6. The Bertz CT molecular complexity index is 500. The largest absolute Gasteiger partial charge is 0.481 e. The van der Waals surface area contributed by atoms with Crippen LogP contribution in [0.1, 0.15) is 18.5 Å². The minimum atomic E-state index is -1.29. The van der Waals surface area contributed by atoms with Gasteiger partial charge in [-0.2, -0.15) is 0 Å². The van der Waals surface area contributed by atoms with Crippen LogP contribution in [0.4, 0.5) is 0 Å². The molecule has 5 N–H and O–H groups in total. The Labute approximate surface area is 113 Å². The lowest BCUT2D eigenvalue weighted by atomic mass is 10.1. The van der Waals surface area contributed by atoms with Gasteiger partial charge in [0.1, 0.15) is 12.6 Å². The molecule has 1 aromatic heterocycles. The fourth-order valence-electron chi connectivity index (χ4n) is 1.42. The molecule has 10 heteroatoms. The van der Waals surface area contributed by atoms with E-state index in [9.17, 15) is 14.4 Å². The number of carbonyl (C=O) groups is 3. The van der Waals surface area contributed by atoms with Gasteiger partial charge < -0.3 is 21.3 Å². The van der Waals surface area contributed by atoms with Crippen molar-refractivity contribution >= 4 is 17.8 Å². The maximum absolute atomic E-state index is 11.6. The van der Waals surface area contributed by atoms with Crippen LogP contribution in [0.15, 0.2) is 6.20 Å². The Morgan fingerprint density at radius 2 is 2.10 bits per heavy atom. The van der Waals surface area contributed by atoms with Crippen LogP contribution >= 0.6 is 0 Å². The average Bonchev–Trinajstić information content (AvgIpc) is 2.81. The van der Waals surface area contributed by atoms with Gasteiger partial charge in [0.05, 0.1) is 11.9 Å². The van der Waals surface area contributed by atoms with Gasteiger partial charge in [0.25, 0.3) is 0 Å². The molecule has 0 aliphatic carbocycles. The first-order chi connectivity index (χ1) is 9.42. The highest BCUT2D eigenvalue weighted by atomic mass is 16.4. The number of carboxylic acid groups (broad SMARTS) is 2. The number of nitrogens with two attached hydrogens (primary N) is 1. The third-order valence-electron chi connectivity index (χ3n) is 2.38. The zero-order chi connectivity index (χ0) is 15.1. The standard InChI is InChI=1S/C10H15N5O5/c11-3-6-4-15(14-13-6)5-8(16)12-7(10(19)20)1-2-9(17)18/h4,7H,1-3,5,11H2,(H,12,16)(H,17,18)(H,19,20)/t7-/m0/s1. The minimum absolute atomic E-state index is 0.179. The van der Waals surface area contributed by atoms with Gasteiger partial charge in [0.2, 0.25) is 5.91 Å². The molecule has 0 bridgehead atoms. The molecule has 1 rings (SSSR count). The Balaban J connectivity index is 2.52. The van der Waals surface area contributed by atoms with Gasteiger partial charge in [-0.25, -0.2) is 9.48 Å². The van der Waals surface area contributed by atoms with Crippen molar-refractivity contribution in [3.05, 3.63) is 11.9 Å². The van der Waals surface area contributed by atoms with E-state index in [0.717, 1.165) is 0 Å². The first-order valence-corrected chi connectivity index (χ1v) is 5.75. The summed E-state index contributed by atoms with van der Waals surface area (Å²) in [5.41, 5.74) is 5.83. The molecule has 0 aromatic carbocycles. The molecule has 20 heavy (non-hydrogen) atoms. The number of carbonyl (C=O) groups excluding carboxylic acids is 1. The average molecular weight is 285 g/mol. The third kappa shape index (κ3) is 5.02. The molecule has 0 radical (unpaired) electrons. The molecule has 110 valence electrons. The van der Waals surface area contributed by atoms with E-state index in [2.05, 4.69) is 15.6 Å². The summed E-state index contributed by atoms with van der Waals surface area (Å²) in [6.07, 6.45) is 0.923. The van der Waals surface area contributed by atoms with Crippen LogP contribution in [0.2, 0.25) is 0 Å². The molecule has 0 saturated heterocycles. The number of amides is 1. The molecule has 0 aliphatic rings. The molecule has 1 heterocycles. The number of carboxylic acids is 2. The zero-order valence-corrected chi connectivity index (χ0v) is 10.5. The van der Waals surface area contributed by atoms with Crippen LogP contribution in [0.5, 0.6) is 0 Å². The molecule has 0 spiro atoms. The molecule has 0 aliphatic heterocycles. The summed E-state index contributed by atoms with van der Waals surface area (Å²) in [6, 6.07) is -1.25. The molecule has 1 amide bonds. The summed E-state index contributed by atoms with van der Waals surface area (Å²) in [5, 5.41) is 26.9. The number of nitrogens with zero attached hydrogens (tertiary/aromatic N) is 3. The lowest BCUT2D eigenvalue weighted by Crippen LogP contribution is -2.42. The molecule has 0 saturated carbocycles. The molecule has 10 nitrogen and oxygen atoms in total. The Hall–Kier alpha value is -2.49. The number of aromatic nitrogens is 3. The Morgan fingerprint density at radius 1 is 1.40 bits per heavy atom. The second-order valence-electron chi connectivity index (χ2n) is 4.00. The number of hydrogen-bond donors (Lipinski definition) is 4. The number of nitrogens with one attached hydrogen (secondary N) is 1. The van der Waals surface area contributed by atoms with Crippen LogP contribution in [0.3, 0.4) is 0 Å². The van der Waals surface area contributed by atoms with Crippen LogP contribution in [-0.4, -0.2) is 49.1 Å². The van der Waals surface area contributed by atoms with Gasteiger partial charge in [-0.05, 0) is 6.42 Å².